The molecule has 0 saturated carbocycles. The lowest BCUT2D eigenvalue weighted by molar-refractivity contribution is -0.117. The summed E-state index contributed by atoms with van der Waals surface area (Å²) < 4.78 is 10.6. The van der Waals surface area contributed by atoms with Crippen LogP contribution < -0.4 is 14.8 Å². The van der Waals surface area contributed by atoms with Gasteiger partial charge in [0.25, 0.3) is 0 Å². The molecule has 0 aliphatic carbocycles. The predicted octanol–water partition coefficient (Wildman–Crippen LogP) is 3.55. The fourth-order valence-corrected chi connectivity index (χ4v) is 2.46. The van der Waals surface area contributed by atoms with Crippen molar-refractivity contribution in [3.8, 4) is 11.5 Å². The second-order valence-electron chi connectivity index (χ2n) is 4.93. The minimum Gasteiger partial charge on any atom is -0.454 e. The lowest BCUT2D eigenvalue weighted by Crippen LogP contribution is -2.20. The summed E-state index contributed by atoms with van der Waals surface area (Å²) in [4.78, 5) is 12.5. The molecule has 108 valence electrons. The van der Waals surface area contributed by atoms with Gasteiger partial charge >= 0.3 is 0 Å². The highest BCUT2D eigenvalue weighted by atomic mass is 16.7. The highest BCUT2D eigenvalue weighted by molar-refractivity contribution is 5.96. The summed E-state index contributed by atoms with van der Waals surface area (Å²) in [5.41, 5.74) is 1.75. The van der Waals surface area contributed by atoms with Gasteiger partial charge in [-0.3, -0.25) is 4.79 Å². The number of carbonyl (C=O) groups excluding carboxylic acids is 1. The van der Waals surface area contributed by atoms with Crippen LogP contribution in [-0.4, -0.2) is 12.7 Å². The average Bonchev–Trinajstić information content (AvgIpc) is 2.96. The fraction of sp³-hybridized carbons (Fsp3) is 0.235. The van der Waals surface area contributed by atoms with E-state index < -0.39 is 0 Å². The summed E-state index contributed by atoms with van der Waals surface area (Å²) in [5.74, 6) is 1.21. The van der Waals surface area contributed by atoms with Crippen molar-refractivity contribution >= 4 is 11.6 Å². The van der Waals surface area contributed by atoms with Gasteiger partial charge in [-0.25, -0.2) is 0 Å². The summed E-state index contributed by atoms with van der Waals surface area (Å²) in [6.45, 7) is 2.24. The van der Waals surface area contributed by atoms with Crippen molar-refractivity contribution in [2.45, 2.75) is 19.3 Å². The maximum Gasteiger partial charge on any atom is 0.231 e. The number of nitrogens with one attached hydrogen (secondary N) is 1. The van der Waals surface area contributed by atoms with Crippen LogP contribution in [0.15, 0.2) is 48.5 Å². The van der Waals surface area contributed by atoms with Gasteiger partial charge in [-0.1, -0.05) is 37.3 Å². The smallest absolute Gasteiger partial charge is 0.231 e. The van der Waals surface area contributed by atoms with E-state index in [0.717, 1.165) is 17.7 Å². The molecule has 2 aromatic carbocycles. The molecule has 0 spiro atoms. The van der Waals surface area contributed by atoms with Gasteiger partial charge in [0.15, 0.2) is 11.5 Å². The molecule has 4 heteroatoms. The van der Waals surface area contributed by atoms with E-state index in [4.69, 9.17) is 9.47 Å². The maximum atomic E-state index is 12.5. The first kappa shape index (κ1) is 13.5. The van der Waals surface area contributed by atoms with Crippen molar-refractivity contribution in [3.63, 3.8) is 0 Å². The number of fused-ring (bicyclic) bond motifs is 1. The van der Waals surface area contributed by atoms with Crippen LogP contribution in [0.5, 0.6) is 11.5 Å². The summed E-state index contributed by atoms with van der Waals surface area (Å²) >= 11 is 0. The van der Waals surface area contributed by atoms with E-state index in [1.807, 2.05) is 43.3 Å². The van der Waals surface area contributed by atoms with Gasteiger partial charge in [0, 0.05) is 11.8 Å². The van der Waals surface area contributed by atoms with Crippen molar-refractivity contribution in [2.24, 2.45) is 0 Å². The van der Waals surface area contributed by atoms with Crippen LogP contribution in [0, 0.1) is 0 Å². The van der Waals surface area contributed by atoms with Crippen LogP contribution in [0.1, 0.15) is 24.8 Å². The normalized spacial score (nSPS) is 13.8. The molecule has 1 aliphatic heterocycles. The van der Waals surface area contributed by atoms with Gasteiger partial charge in [0.05, 0.1) is 5.92 Å². The number of amides is 1. The Hall–Kier alpha value is -2.49. The maximum absolute atomic E-state index is 12.5. The highest BCUT2D eigenvalue weighted by Gasteiger charge is 2.20. The first-order valence-corrected chi connectivity index (χ1v) is 7.03. The molecule has 21 heavy (non-hydrogen) atoms. The number of carbonyl (C=O) groups is 1. The molecule has 2 aromatic rings. The van der Waals surface area contributed by atoms with Crippen LogP contribution in [0.25, 0.3) is 0 Å². The van der Waals surface area contributed by atoms with Crippen LogP contribution in [0.3, 0.4) is 0 Å². The Kier molecular flexibility index (Phi) is 3.77. The zero-order valence-electron chi connectivity index (χ0n) is 11.8. The molecule has 0 aromatic heterocycles. The van der Waals surface area contributed by atoms with Crippen LogP contribution in [-0.2, 0) is 4.79 Å². The minimum atomic E-state index is -0.156. The van der Waals surface area contributed by atoms with Crippen LogP contribution >= 0.6 is 0 Å². The standard InChI is InChI=1S/C17H17NO3/c1-2-14(12-6-4-3-5-7-12)17(19)18-13-8-9-15-16(10-13)21-11-20-15/h3-10,14H,2,11H2,1H3,(H,18,19). The Morgan fingerprint density at radius 2 is 1.90 bits per heavy atom. The molecule has 0 fully saturated rings. The molecular formula is C17H17NO3. The number of benzene rings is 2. The molecule has 1 atom stereocenters. The largest absolute Gasteiger partial charge is 0.454 e. The summed E-state index contributed by atoms with van der Waals surface area (Å²) in [6, 6.07) is 15.2. The Bertz CT molecular complexity index is 640. The molecule has 0 radical (unpaired) electrons. The lowest BCUT2D eigenvalue weighted by atomic mass is 9.95. The molecule has 0 saturated heterocycles. The zero-order valence-corrected chi connectivity index (χ0v) is 11.8. The molecule has 1 heterocycles. The second kappa shape index (κ2) is 5.87. The third-order valence-electron chi connectivity index (χ3n) is 3.57. The van der Waals surface area contributed by atoms with E-state index in [1.165, 1.54) is 0 Å². The summed E-state index contributed by atoms with van der Waals surface area (Å²) in [5, 5.41) is 2.95. The quantitative estimate of drug-likeness (QED) is 0.933. The van der Waals surface area contributed by atoms with Gasteiger partial charge in [-0.2, -0.15) is 0 Å². The van der Waals surface area contributed by atoms with E-state index in [0.29, 0.717) is 11.5 Å². The zero-order chi connectivity index (χ0) is 14.7. The number of hydrogen-bond donors (Lipinski definition) is 1. The highest BCUT2D eigenvalue weighted by Crippen LogP contribution is 2.34. The fourth-order valence-electron chi connectivity index (χ4n) is 2.46. The van der Waals surface area contributed by atoms with E-state index in [-0.39, 0.29) is 18.6 Å². The van der Waals surface area contributed by atoms with Crippen LogP contribution in [0.4, 0.5) is 5.69 Å². The van der Waals surface area contributed by atoms with Gasteiger partial charge in [-0.15, -0.1) is 0 Å². The predicted molar refractivity (Wildman–Crippen MR) is 80.7 cm³/mol. The van der Waals surface area contributed by atoms with Crippen LogP contribution in [0.2, 0.25) is 0 Å². The SMILES string of the molecule is CCC(C(=O)Nc1ccc2c(c1)OCO2)c1ccccc1. The molecule has 1 amide bonds. The summed E-state index contributed by atoms with van der Waals surface area (Å²) in [6.07, 6.45) is 0.750. The minimum absolute atomic E-state index is 0.0115. The number of anilines is 1. The van der Waals surface area contributed by atoms with E-state index >= 15 is 0 Å². The topological polar surface area (TPSA) is 47.6 Å². The van der Waals surface area contributed by atoms with Crippen molar-refractivity contribution in [1.29, 1.82) is 0 Å². The first-order valence-electron chi connectivity index (χ1n) is 7.03. The number of rotatable bonds is 4. The third kappa shape index (κ3) is 2.84. The number of hydrogen-bond acceptors (Lipinski definition) is 3. The monoisotopic (exact) mass is 283 g/mol. The Morgan fingerprint density at radius 1 is 1.14 bits per heavy atom. The van der Waals surface area contributed by atoms with E-state index in [9.17, 15) is 4.79 Å². The second-order valence-corrected chi connectivity index (χ2v) is 4.93. The Balaban J connectivity index is 1.76. The molecule has 3 rings (SSSR count). The summed E-state index contributed by atoms with van der Waals surface area (Å²) in [7, 11) is 0. The molecule has 1 unspecified atom stereocenters. The van der Waals surface area contributed by atoms with Gasteiger partial charge in [0.2, 0.25) is 12.7 Å². The van der Waals surface area contributed by atoms with Crippen molar-refractivity contribution in [1.82, 2.24) is 0 Å². The van der Waals surface area contributed by atoms with Crippen molar-refractivity contribution in [3.05, 3.63) is 54.1 Å². The molecule has 1 N–H and O–H groups in total. The third-order valence-corrected chi connectivity index (χ3v) is 3.57. The van der Waals surface area contributed by atoms with Crippen molar-refractivity contribution in [2.75, 3.05) is 12.1 Å². The first-order chi connectivity index (χ1) is 10.3. The van der Waals surface area contributed by atoms with Gasteiger partial charge in [-0.05, 0) is 24.1 Å². The Morgan fingerprint density at radius 3 is 2.67 bits per heavy atom. The van der Waals surface area contributed by atoms with Gasteiger partial charge in [0.1, 0.15) is 0 Å². The van der Waals surface area contributed by atoms with E-state index in [2.05, 4.69) is 5.32 Å². The average molecular weight is 283 g/mol. The van der Waals surface area contributed by atoms with E-state index in [1.54, 1.807) is 12.1 Å². The lowest BCUT2D eigenvalue weighted by Gasteiger charge is -2.15. The molecular weight excluding hydrogens is 266 g/mol. The molecule has 0 bridgehead atoms. The van der Waals surface area contributed by atoms with Crippen molar-refractivity contribution < 1.29 is 14.3 Å². The Labute approximate surface area is 123 Å². The molecule has 4 nitrogen and oxygen atoms in total. The number of ether oxygens (including phenoxy) is 2. The molecule has 1 aliphatic rings. The van der Waals surface area contributed by atoms with Gasteiger partial charge < -0.3 is 14.8 Å².